The van der Waals surface area contributed by atoms with Crippen LogP contribution in [0.15, 0.2) is 67.0 Å². The van der Waals surface area contributed by atoms with Crippen molar-refractivity contribution < 1.29 is 9.53 Å². The zero-order chi connectivity index (χ0) is 19.1. The van der Waals surface area contributed by atoms with Crippen molar-refractivity contribution in [3.8, 4) is 5.75 Å². The minimum atomic E-state index is -0.287. The van der Waals surface area contributed by atoms with E-state index in [2.05, 4.69) is 20.6 Å². The molecule has 0 spiro atoms. The standard InChI is InChI=1S/C21H22N4O2/c1-3-27-19-12-8-7-11-18(19)25-20(26)17-13-22-21(23-14-17)24-15(2)16-9-5-4-6-10-16/h4-15H,3H2,1-2H3,(H,25,26)(H,22,23,24). The predicted molar refractivity (Wildman–Crippen MR) is 106 cm³/mol. The maximum absolute atomic E-state index is 12.5. The van der Waals surface area contributed by atoms with Gasteiger partial charge in [-0.2, -0.15) is 0 Å². The molecule has 1 amide bonds. The molecule has 0 saturated heterocycles. The van der Waals surface area contributed by atoms with Crippen LogP contribution >= 0.6 is 0 Å². The highest BCUT2D eigenvalue weighted by Gasteiger charge is 2.12. The lowest BCUT2D eigenvalue weighted by atomic mass is 10.1. The zero-order valence-electron chi connectivity index (χ0n) is 15.3. The van der Waals surface area contributed by atoms with Crippen molar-refractivity contribution in [3.63, 3.8) is 0 Å². The molecule has 6 heteroatoms. The molecule has 3 aromatic rings. The molecular formula is C21H22N4O2. The number of aromatic nitrogens is 2. The van der Waals surface area contributed by atoms with E-state index in [1.165, 1.54) is 12.4 Å². The number of hydrogen-bond acceptors (Lipinski definition) is 5. The molecule has 0 radical (unpaired) electrons. The number of amides is 1. The Balaban J connectivity index is 1.66. The van der Waals surface area contributed by atoms with Crippen molar-refractivity contribution in [1.29, 1.82) is 0 Å². The van der Waals surface area contributed by atoms with E-state index in [1.807, 2.05) is 62.4 Å². The van der Waals surface area contributed by atoms with Crippen LogP contribution in [-0.2, 0) is 0 Å². The Labute approximate surface area is 158 Å². The second-order valence-corrected chi connectivity index (χ2v) is 5.96. The Bertz CT molecular complexity index is 882. The number of hydrogen-bond donors (Lipinski definition) is 2. The maximum atomic E-state index is 12.5. The summed E-state index contributed by atoms with van der Waals surface area (Å²) in [5.74, 6) is 0.812. The van der Waals surface area contributed by atoms with Gasteiger partial charge in [0.25, 0.3) is 5.91 Å². The predicted octanol–water partition coefficient (Wildman–Crippen LogP) is 4.30. The van der Waals surface area contributed by atoms with E-state index in [4.69, 9.17) is 4.74 Å². The highest BCUT2D eigenvalue weighted by Crippen LogP contribution is 2.24. The van der Waals surface area contributed by atoms with Gasteiger partial charge in [-0.1, -0.05) is 42.5 Å². The lowest BCUT2D eigenvalue weighted by molar-refractivity contribution is 0.102. The molecule has 1 heterocycles. The van der Waals surface area contributed by atoms with Crippen LogP contribution in [0.25, 0.3) is 0 Å². The molecule has 1 aromatic heterocycles. The van der Waals surface area contributed by atoms with E-state index in [1.54, 1.807) is 6.07 Å². The molecule has 0 saturated carbocycles. The number of anilines is 2. The lowest BCUT2D eigenvalue weighted by Crippen LogP contribution is -2.15. The van der Waals surface area contributed by atoms with Gasteiger partial charge in [0.15, 0.2) is 0 Å². The Hall–Kier alpha value is -3.41. The maximum Gasteiger partial charge on any atom is 0.258 e. The van der Waals surface area contributed by atoms with Gasteiger partial charge in [-0.15, -0.1) is 0 Å². The summed E-state index contributed by atoms with van der Waals surface area (Å²) in [4.78, 5) is 21.0. The first-order valence-corrected chi connectivity index (χ1v) is 8.84. The average Bonchev–Trinajstić information content (AvgIpc) is 2.71. The normalized spacial score (nSPS) is 11.5. The number of nitrogens with one attached hydrogen (secondary N) is 2. The molecule has 138 valence electrons. The van der Waals surface area contributed by atoms with Gasteiger partial charge in [0.05, 0.1) is 23.9 Å². The number of benzene rings is 2. The Morgan fingerprint density at radius 1 is 1.04 bits per heavy atom. The van der Waals surface area contributed by atoms with Gasteiger partial charge in [-0.05, 0) is 31.5 Å². The third-order valence-corrected chi connectivity index (χ3v) is 3.99. The van der Waals surface area contributed by atoms with Crippen molar-refractivity contribution in [2.24, 2.45) is 0 Å². The first kappa shape index (κ1) is 18.4. The van der Waals surface area contributed by atoms with Gasteiger partial charge < -0.3 is 15.4 Å². The van der Waals surface area contributed by atoms with Crippen LogP contribution in [0.3, 0.4) is 0 Å². The van der Waals surface area contributed by atoms with Crippen molar-refractivity contribution >= 4 is 17.5 Å². The van der Waals surface area contributed by atoms with Crippen LogP contribution in [0.2, 0.25) is 0 Å². The summed E-state index contributed by atoms with van der Waals surface area (Å²) in [5.41, 5.74) is 2.12. The molecule has 0 aliphatic carbocycles. The average molecular weight is 362 g/mol. The fourth-order valence-electron chi connectivity index (χ4n) is 2.58. The molecule has 2 N–H and O–H groups in total. The fraction of sp³-hybridized carbons (Fsp3) is 0.190. The van der Waals surface area contributed by atoms with Crippen LogP contribution in [0.4, 0.5) is 11.6 Å². The summed E-state index contributed by atoms with van der Waals surface area (Å²) < 4.78 is 5.52. The quantitative estimate of drug-likeness (QED) is 0.655. The van der Waals surface area contributed by atoms with Crippen molar-refractivity contribution in [3.05, 3.63) is 78.1 Å². The second-order valence-electron chi connectivity index (χ2n) is 5.96. The number of carbonyl (C=O) groups is 1. The molecule has 1 atom stereocenters. The summed E-state index contributed by atoms with van der Waals surface area (Å²) in [6, 6.07) is 17.4. The van der Waals surface area contributed by atoms with Crippen LogP contribution in [0, 0.1) is 0 Å². The van der Waals surface area contributed by atoms with Gasteiger partial charge in [0.1, 0.15) is 5.75 Å². The number of carbonyl (C=O) groups excluding carboxylic acids is 1. The smallest absolute Gasteiger partial charge is 0.258 e. The summed E-state index contributed by atoms with van der Waals surface area (Å²) >= 11 is 0. The Morgan fingerprint density at radius 2 is 1.70 bits per heavy atom. The van der Waals surface area contributed by atoms with Crippen LogP contribution in [0.1, 0.15) is 35.8 Å². The molecule has 0 aliphatic heterocycles. The lowest BCUT2D eigenvalue weighted by Gasteiger charge is -2.14. The van der Waals surface area contributed by atoms with E-state index >= 15 is 0 Å². The Morgan fingerprint density at radius 3 is 2.41 bits per heavy atom. The van der Waals surface area contributed by atoms with Gasteiger partial charge in [-0.3, -0.25) is 4.79 Å². The van der Waals surface area contributed by atoms with Crippen LogP contribution in [-0.4, -0.2) is 22.5 Å². The van der Waals surface area contributed by atoms with Crippen LogP contribution < -0.4 is 15.4 Å². The molecule has 0 bridgehead atoms. The van der Waals surface area contributed by atoms with Crippen molar-refractivity contribution in [2.45, 2.75) is 19.9 Å². The monoisotopic (exact) mass is 362 g/mol. The highest BCUT2D eigenvalue weighted by atomic mass is 16.5. The molecule has 2 aromatic carbocycles. The molecule has 1 unspecified atom stereocenters. The molecule has 0 fully saturated rings. The minimum absolute atomic E-state index is 0.0592. The van der Waals surface area contributed by atoms with Gasteiger partial charge >= 0.3 is 0 Å². The van der Waals surface area contributed by atoms with Crippen molar-refractivity contribution in [2.75, 3.05) is 17.2 Å². The third kappa shape index (κ3) is 4.82. The van der Waals surface area contributed by atoms with Crippen LogP contribution in [0.5, 0.6) is 5.75 Å². The molecule has 0 aliphatic rings. The zero-order valence-corrected chi connectivity index (χ0v) is 15.3. The summed E-state index contributed by atoms with van der Waals surface area (Å²) in [6.45, 7) is 4.45. The van der Waals surface area contributed by atoms with Gasteiger partial charge in [0.2, 0.25) is 5.95 Å². The van der Waals surface area contributed by atoms with Crippen molar-refractivity contribution in [1.82, 2.24) is 9.97 Å². The van der Waals surface area contributed by atoms with E-state index in [9.17, 15) is 4.79 Å². The van der Waals surface area contributed by atoms with E-state index < -0.39 is 0 Å². The van der Waals surface area contributed by atoms with Gasteiger partial charge in [0, 0.05) is 12.4 Å². The largest absolute Gasteiger partial charge is 0.492 e. The molecule has 27 heavy (non-hydrogen) atoms. The Kier molecular flexibility index (Phi) is 5.99. The molecule has 6 nitrogen and oxygen atoms in total. The van der Waals surface area contributed by atoms with Gasteiger partial charge in [-0.25, -0.2) is 9.97 Å². The fourth-order valence-corrected chi connectivity index (χ4v) is 2.58. The topological polar surface area (TPSA) is 76.1 Å². The molecule has 3 rings (SSSR count). The van der Waals surface area contributed by atoms with E-state index in [0.29, 0.717) is 29.6 Å². The molecular weight excluding hydrogens is 340 g/mol. The summed E-state index contributed by atoms with van der Waals surface area (Å²) in [5, 5.41) is 6.06. The first-order chi connectivity index (χ1) is 13.2. The number of rotatable bonds is 7. The number of para-hydroxylation sites is 2. The number of ether oxygens (including phenoxy) is 1. The first-order valence-electron chi connectivity index (χ1n) is 8.84. The minimum Gasteiger partial charge on any atom is -0.492 e. The van der Waals surface area contributed by atoms with E-state index in [0.717, 1.165) is 5.56 Å². The second kappa shape index (κ2) is 8.80. The SMILES string of the molecule is CCOc1ccccc1NC(=O)c1cnc(NC(C)c2ccccc2)nc1. The highest BCUT2D eigenvalue weighted by molar-refractivity contribution is 6.04. The number of nitrogens with zero attached hydrogens (tertiary/aromatic N) is 2. The summed E-state index contributed by atoms with van der Waals surface area (Å²) in [6.07, 6.45) is 3.01. The third-order valence-electron chi connectivity index (χ3n) is 3.99. The van der Waals surface area contributed by atoms with E-state index in [-0.39, 0.29) is 11.9 Å². The summed E-state index contributed by atoms with van der Waals surface area (Å²) in [7, 11) is 0.